The van der Waals surface area contributed by atoms with E-state index in [9.17, 15) is 4.79 Å². The second-order valence-electron chi connectivity index (χ2n) is 4.90. The zero-order valence-corrected chi connectivity index (χ0v) is 11.7. The lowest BCUT2D eigenvalue weighted by atomic mass is 10.1. The standard InChI is InChI=1S/C16H21NO2/c1-3-4-5-6-7-14-10-12-8-9-13(16(18)19-2)11-15(12)17-14/h8-11,17H,3-7H2,1-2H3. The number of rotatable bonds is 6. The van der Waals surface area contributed by atoms with Gasteiger partial charge in [0.25, 0.3) is 0 Å². The molecule has 0 atom stereocenters. The summed E-state index contributed by atoms with van der Waals surface area (Å²) < 4.78 is 4.73. The van der Waals surface area contributed by atoms with Crippen LogP contribution in [0, 0.1) is 0 Å². The normalized spacial score (nSPS) is 10.8. The van der Waals surface area contributed by atoms with Crippen molar-refractivity contribution in [2.75, 3.05) is 7.11 Å². The fourth-order valence-electron chi connectivity index (χ4n) is 2.31. The van der Waals surface area contributed by atoms with Gasteiger partial charge in [0.05, 0.1) is 12.7 Å². The summed E-state index contributed by atoms with van der Waals surface area (Å²) in [5, 5.41) is 1.15. The maximum atomic E-state index is 11.5. The number of H-pyrrole nitrogens is 1. The minimum absolute atomic E-state index is 0.291. The maximum Gasteiger partial charge on any atom is 0.337 e. The first-order valence-corrected chi connectivity index (χ1v) is 6.94. The summed E-state index contributed by atoms with van der Waals surface area (Å²) in [6, 6.07) is 7.80. The predicted octanol–water partition coefficient (Wildman–Crippen LogP) is 4.08. The Bertz CT molecular complexity index is 557. The summed E-state index contributed by atoms with van der Waals surface area (Å²) in [4.78, 5) is 14.9. The van der Waals surface area contributed by atoms with Crippen LogP contribution in [0.15, 0.2) is 24.3 Å². The van der Waals surface area contributed by atoms with E-state index in [0.717, 1.165) is 17.3 Å². The second-order valence-corrected chi connectivity index (χ2v) is 4.90. The molecule has 2 aromatic rings. The highest BCUT2D eigenvalue weighted by Gasteiger charge is 2.07. The number of benzene rings is 1. The van der Waals surface area contributed by atoms with Crippen molar-refractivity contribution in [2.24, 2.45) is 0 Å². The van der Waals surface area contributed by atoms with E-state index in [4.69, 9.17) is 4.74 Å². The Labute approximate surface area is 114 Å². The lowest BCUT2D eigenvalue weighted by Crippen LogP contribution is -2.00. The minimum Gasteiger partial charge on any atom is -0.465 e. The molecule has 1 aromatic heterocycles. The third-order valence-corrected chi connectivity index (χ3v) is 3.40. The minimum atomic E-state index is -0.291. The van der Waals surface area contributed by atoms with E-state index in [2.05, 4.69) is 18.0 Å². The van der Waals surface area contributed by atoms with Crippen molar-refractivity contribution < 1.29 is 9.53 Å². The topological polar surface area (TPSA) is 42.1 Å². The van der Waals surface area contributed by atoms with Gasteiger partial charge in [-0.3, -0.25) is 0 Å². The van der Waals surface area contributed by atoms with E-state index < -0.39 is 0 Å². The number of nitrogens with one attached hydrogen (secondary N) is 1. The highest BCUT2D eigenvalue weighted by Crippen LogP contribution is 2.19. The Morgan fingerprint density at radius 2 is 2.05 bits per heavy atom. The van der Waals surface area contributed by atoms with Crippen LogP contribution in [0.5, 0.6) is 0 Å². The van der Waals surface area contributed by atoms with E-state index in [1.165, 1.54) is 38.5 Å². The van der Waals surface area contributed by atoms with Gasteiger partial charge in [-0.15, -0.1) is 0 Å². The molecule has 0 aliphatic heterocycles. The largest absolute Gasteiger partial charge is 0.465 e. The predicted molar refractivity (Wildman–Crippen MR) is 77.5 cm³/mol. The number of unbranched alkanes of at least 4 members (excludes halogenated alkanes) is 3. The van der Waals surface area contributed by atoms with Crippen LogP contribution >= 0.6 is 0 Å². The molecule has 1 N–H and O–H groups in total. The highest BCUT2D eigenvalue weighted by molar-refractivity contribution is 5.94. The van der Waals surface area contributed by atoms with Crippen molar-refractivity contribution in [3.63, 3.8) is 0 Å². The molecule has 0 bridgehead atoms. The van der Waals surface area contributed by atoms with Gasteiger partial charge in [0.15, 0.2) is 0 Å². The van der Waals surface area contributed by atoms with Gasteiger partial charge >= 0.3 is 5.97 Å². The molecule has 2 rings (SSSR count). The first-order valence-electron chi connectivity index (χ1n) is 6.94. The Kier molecular flexibility index (Phi) is 4.61. The molecule has 0 aliphatic carbocycles. The molecule has 0 fully saturated rings. The third-order valence-electron chi connectivity index (χ3n) is 3.40. The van der Waals surface area contributed by atoms with E-state index in [1.807, 2.05) is 18.2 Å². The molecule has 0 radical (unpaired) electrons. The smallest absolute Gasteiger partial charge is 0.337 e. The fourth-order valence-corrected chi connectivity index (χ4v) is 2.31. The van der Waals surface area contributed by atoms with Gasteiger partial charge in [-0.25, -0.2) is 4.79 Å². The molecular weight excluding hydrogens is 238 g/mol. The lowest BCUT2D eigenvalue weighted by Gasteiger charge is -1.98. The number of carbonyl (C=O) groups is 1. The van der Waals surface area contributed by atoms with Crippen LogP contribution in [0.3, 0.4) is 0 Å². The van der Waals surface area contributed by atoms with Gasteiger partial charge in [0.1, 0.15) is 0 Å². The Morgan fingerprint density at radius 1 is 1.21 bits per heavy atom. The number of ether oxygens (including phenoxy) is 1. The molecule has 1 heterocycles. The molecule has 19 heavy (non-hydrogen) atoms. The van der Waals surface area contributed by atoms with Crippen molar-refractivity contribution in [2.45, 2.75) is 39.0 Å². The highest BCUT2D eigenvalue weighted by atomic mass is 16.5. The first kappa shape index (κ1) is 13.7. The average Bonchev–Trinajstić information content (AvgIpc) is 2.84. The number of aromatic nitrogens is 1. The molecule has 0 aliphatic rings. The summed E-state index contributed by atoms with van der Waals surface area (Å²) in [5.74, 6) is -0.291. The summed E-state index contributed by atoms with van der Waals surface area (Å²) >= 11 is 0. The number of fused-ring (bicyclic) bond motifs is 1. The van der Waals surface area contributed by atoms with Gasteiger partial charge in [-0.2, -0.15) is 0 Å². The average molecular weight is 259 g/mol. The van der Waals surface area contributed by atoms with Crippen LogP contribution in [-0.4, -0.2) is 18.1 Å². The fraction of sp³-hybridized carbons (Fsp3) is 0.438. The first-order chi connectivity index (χ1) is 9.24. The SMILES string of the molecule is CCCCCCc1cc2ccc(C(=O)OC)cc2[nH]1. The summed E-state index contributed by atoms with van der Waals surface area (Å²) in [6.07, 6.45) is 6.12. The summed E-state index contributed by atoms with van der Waals surface area (Å²) in [6.45, 7) is 2.22. The van der Waals surface area contributed by atoms with Crippen LogP contribution < -0.4 is 0 Å². The molecule has 3 heteroatoms. The van der Waals surface area contributed by atoms with Crippen LogP contribution in [0.1, 0.15) is 48.7 Å². The number of aromatic amines is 1. The number of carbonyl (C=O) groups excluding carboxylic acids is 1. The molecule has 0 unspecified atom stereocenters. The summed E-state index contributed by atoms with van der Waals surface area (Å²) in [5.41, 5.74) is 2.84. The van der Waals surface area contributed by atoms with Crippen molar-refractivity contribution in [3.8, 4) is 0 Å². The van der Waals surface area contributed by atoms with Gasteiger partial charge in [0.2, 0.25) is 0 Å². The Morgan fingerprint density at radius 3 is 2.79 bits per heavy atom. The van der Waals surface area contributed by atoms with Crippen LogP contribution in [0.2, 0.25) is 0 Å². The van der Waals surface area contributed by atoms with Crippen molar-refractivity contribution in [3.05, 3.63) is 35.5 Å². The lowest BCUT2D eigenvalue weighted by molar-refractivity contribution is 0.0601. The molecular formula is C16H21NO2. The zero-order valence-electron chi connectivity index (χ0n) is 11.7. The molecule has 3 nitrogen and oxygen atoms in total. The van der Waals surface area contributed by atoms with Crippen LogP contribution in [0.4, 0.5) is 0 Å². The van der Waals surface area contributed by atoms with E-state index in [-0.39, 0.29) is 5.97 Å². The number of hydrogen-bond donors (Lipinski definition) is 1. The number of methoxy groups -OCH3 is 1. The molecule has 102 valence electrons. The van der Waals surface area contributed by atoms with E-state index in [1.54, 1.807) is 0 Å². The number of aryl methyl sites for hydroxylation is 1. The molecule has 0 saturated heterocycles. The second kappa shape index (κ2) is 6.41. The molecule has 0 spiro atoms. The van der Waals surface area contributed by atoms with Crippen LogP contribution in [-0.2, 0) is 11.2 Å². The molecule has 0 saturated carbocycles. The molecule has 1 aromatic carbocycles. The summed E-state index contributed by atoms with van der Waals surface area (Å²) in [7, 11) is 1.40. The number of hydrogen-bond acceptors (Lipinski definition) is 2. The van der Waals surface area contributed by atoms with Gasteiger partial charge in [0, 0.05) is 11.2 Å². The third kappa shape index (κ3) is 3.37. The van der Waals surface area contributed by atoms with Crippen molar-refractivity contribution in [1.29, 1.82) is 0 Å². The van der Waals surface area contributed by atoms with Crippen molar-refractivity contribution >= 4 is 16.9 Å². The zero-order chi connectivity index (χ0) is 13.7. The van der Waals surface area contributed by atoms with Gasteiger partial charge < -0.3 is 9.72 Å². The van der Waals surface area contributed by atoms with Gasteiger partial charge in [-0.05, 0) is 36.4 Å². The monoisotopic (exact) mass is 259 g/mol. The van der Waals surface area contributed by atoms with Crippen molar-refractivity contribution in [1.82, 2.24) is 4.98 Å². The maximum absolute atomic E-state index is 11.5. The van der Waals surface area contributed by atoms with E-state index >= 15 is 0 Å². The van der Waals surface area contributed by atoms with Crippen LogP contribution in [0.25, 0.3) is 10.9 Å². The Balaban J connectivity index is 2.09. The number of esters is 1. The quantitative estimate of drug-likeness (QED) is 0.627. The molecule has 0 amide bonds. The van der Waals surface area contributed by atoms with E-state index in [0.29, 0.717) is 5.56 Å². The van der Waals surface area contributed by atoms with Gasteiger partial charge in [-0.1, -0.05) is 32.3 Å². The Hall–Kier alpha value is -1.77.